The number of hydrogen-bond donors (Lipinski definition) is 0. The summed E-state index contributed by atoms with van der Waals surface area (Å²) in [6.45, 7) is 1.94. The van der Waals surface area contributed by atoms with Gasteiger partial charge in [-0.1, -0.05) is 66.7 Å². The van der Waals surface area contributed by atoms with Crippen LogP contribution < -0.4 is 9.47 Å². The van der Waals surface area contributed by atoms with E-state index in [-0.39, 0.29) is 18.5 Å². The number of carbonyl (C=O) groups excluding carboxylic acids is 1. The Morgan fingerprint density at radius 2 is 1.58 bits per heavy atom. The fourth-order valence-electron chi connectivity index (χ4n) is 4.11. The lowest BCUT2D eigenvalue weighted by molar-refractivity contribution is -0.153. The molecule has 0 saturated carbocycles. The van der Waals surface area contributed by atoms with Crippen LogP contribution in [0.25, 0.3) is 11.1 Å². The normalized spacial score (nSPS) is 12.4. The molecule has 5 nitrogen and oxygen atoms in total. The first-order valence-corrected chi connectivity index (χ1v) is 12.1. The van der Waals surface area contributed by atoms with Crippen LogP contribution in [0.4, 0.5) is 0 Å². The third kappa shape index (κ3) is 6.95. The molecule has 4 rings (SSSR count). The van der Waals surface area contributed by atoms with Gasteiger partial charge in [0.05, 0.1) is 13.5 Å². The summed E-state index contributed by atoms with van der Waals surface area (Å²) in [5.41, 5.74) is 4.15. The van der Waals surface area contributed by atoms with Crippen molar-refractivity contribution < 1.29 is 19.0 Å². The Labute approximate surface area is 212 Å². The number of methoxy groups -OCH3 is 1. The van der Waals surface area contributed by atoms with Crippen LogP contribution in [0.1, 0.15) is 24.5 Å². The minimum Gasteiger partial charge on any atom is -0.496 e. The first-order chi connectivity index (χ1) is 17.6. The number of aromatic nitrogens is 1. The van der Waals surface area contributed by atoms with Gasteiger partial charge in [-0.3, -0.25) is 9.78 Å². The van der Waals surface area contributed by atoms with Gasteiger partial charge in [-0.15, -0.1) is 0 Å². The number of esters is 1. The smallest absolute Gasteiger partial charge is 0.310 e. The SMILES string of the molecule is COc1ccccc1CC(=O)OC(CCc1cccnc1)C(C)Oc1ccc(-c2ccccc2)cc1. The van der Waals surface area contributed by atoms with Crippen molar-refractivity contribution in [1.29, 1.82) is 0 Å². The molecule has 2 unspecified atom stereocenters. The van der Waals surface area contributed by atoms with Gasteiger partial charge in [-0.2, -0.15) is 0 Å². The van der Waals surface area contributed by atoms with Crippen molar-refractivity contribution in [1.82, 2.24) is 4.98 Å². The van der Waals surface area contributed by atoms with Crippen LogP contribution in [-0.2, 0) is 22.4 Å². The van der Waals surface area contributed by atoms with Crippen LogP contribution in [0.15, 0.2) is 103 Å². The summed E-state index contributed by atoms with van der Waals surface area (Å²) in [6, 6.07) is 29.6. The highest BCUT2D eigenvalue weighted by molar-refractivity contribution is 5.73. The first kappa shape index (κ1) is 25.0. The van der Waals surface area contributed by atoms with Gasteiger partial charge >= 0.3 is 5.97 Å². The van der Waals surface area contributed by atoms with Crippen molar-refractivity contribution in [2.45, 2.75) is 38.4 Å². The van der Waals surface area contributed by atoms with Gasteiger partial charge in [0.2, 0.25) is 0 Å². The number of benzene rings is 3. The zero-order valence-electron chi connectivity index (χ0n) is 20.7. The molecule has 0 N–H and O–H groups in total. The highest BCUT2D eigenvalue weighted by atomic mass is 16.6. The molecule has 0 bridgehead atoms. The lowest BCUT2D eigenvalue weighted by Gasteiger charge is -2.25. The Morgan fingerprint density at radius 1 is 0.861 bits per heavy atom. The van der Waals surface area contributed by atoms with Crippen molar-refractivity contribution in [3.63, 3.8) is 0 Å². The topological polar surface area (TPSA) is 57.7 Å². The Hall–Kier alpha value is -4.12. The molecule has 2 atom stereocenters. The number of aryl methyl sites for hydroxylation is 1. The van der Waals surface area contributed by atoms with Gasteiger partial charge in [0.15, 0.2) is 0 Å². The molecule has 0 saturated heterocycles. The highest BCUT2D eigenvalue weighted by Gasteiger charge is 2.24. The zero-order valence-corrected chi connectivity index (χ0v) is 20.7. The van der Waals surface area contributed by atoms with Gasteiger partial charge < -0.3 is 14.2 Å². The number of ether oxygens (including phenoxy) is 3. The monoisotopic (exact) mass is 481 g/mol. The van der Waals surface area contributed by atoms with E-state index in [1.165, 1.54) is 0 Å². The summed E-state index contributed by atoms with van der Waals surface area (Å²) in [4.78, 5) is 17.1. The maximum Gasteiger partial charge on any atom is 0.310 e. The molecule has 1 aromatic heterocycles. The molecule has 0 aliphatic rings. The molecule has 0 radical (unpaired) electrons. The van der Waals surface area contributed by atoms with Crippen LogP contribution >= 0.6 is 0 Å². The second-order valence-corrected chi connectivity index (χ2v) is 8.63. The van der Waals surface area contributed by atoms with Gasteiger partial charge in [-0.25, -0.2) is 0 Å². The van der Waals surface area contributed by atoms with E-state index < -0.39 is 6.10 Å². The standard InChI is InChI=1S/C31H31NO4/c1-23(35-28-17-15-26(16-18-28)25-10-4-3-5-11-25)29(19-14-24-9-8-20-32-22-24)36-31(33)21-27-12-6-7-13-30(27)34-2/h3-13,15-18,20,22-23,29H,14,19,21H2,1-2H3. The third-order valence-electron chi connectivity index (χ3n) is 6.06. The number of para-hydroxylation sites is 1. The van der Waals surface area contributed by atoms with E-state index in [9.17, 15) is 4.79 Å². The van der Waals surface area contributed by atoms with Gasteiger partial charge in [0.25, 0.3) is 0 Å². The fraction of sp³-hybridized carbons (Fsp3) is 0.226. The van der Waals surface area contributed by atoms with Crippen molar-refractivity contribution in [2.24, 2.45) is 0 Å². The van der Waals surface area contributed by atoms with Crippen molar-refractivity contribution in [3.8, 4) is 22.6 Å². The predicted octanol–water partition coefficient (Wildman–Crippen LogP) is 6.31. The van der Waals surface area contributed by atoms with Crippen molar-refractivity contribution in [2.75, 3.05) is 7.11 Å². The Kier molecular flexibility index (Phi) is 8.71. The summed E-state index contributed by atoms with van der Waals surface area (Å²) >= 11 is 0. The quantitative estimate of drug-likeness (QED) is 0.235. The number of nitrogens with zero attached hydrogens (tertiary/aromatic N) is 1. The predicted molar refractivity (Wildman–Crippen MR) is 141 cm³/mol. The number of hydrogen-bond acceptors (Lipinski definition) is 5. The molecular weight excluding hydrogens is 450 g/mol. The summed E-state index contributed by atoms with van der Waals surface area (Å²) < 4.78 is 17.6. The summed E-state index contributed by atoms with van der Waals surface area (Å²) in [6.07, 6.45) is 4.28. The first-order valence-electron chi connectivity index (χ1n) is 12.1. The second kappa shape index (κ2) is 12.5. The number of rotatable bonds is 11. The van der Waals surface area contributed by atoms with E-state index in [2.05, 4.69) is 17.1 Å². The maximum atomic E-state index is 12.9. The van der Waals surface area contributed by atoms with E-state index in [4.69, 9.17) is 14.2 Å². The molecule has 4 aromatic rings. The maximum absolute atomic E-state index is 12.9. The van der Waals surface area contributed by atoms with Crippen molar-refractivity contribution in [3.05, 3.63) is 115 Å². The van der Waals surface area contributed by atoms with Crippen LogP contribution in [0.2, 0.25) is 0 Å². The molecule has 3 aromatic carbocycles. The summed E-state index contributed by atoms with van der Waals surface area (Å²) in [5.74, 6) is 1.09. The molecule has 1 heterocycles. The average Bonchev–Trinajstić information content (AvgIpc) is 2.92. The zero-order chi connectivity index (χ0) is 25.2. The summed E-state index contributed by atoms with van der Waals surface area (Å²) in [5, 5.41) is 0. The molecule has 36 heavy (non-hydrogen) atoms. The molecule has 0 amide bonds. The van der Waals surface area contributed by atoms with Gasteiger partial charge in [0, 0.05) is 18.0 Å². The minimum atomic E-state index is -0.429. The Balaban J connectivity index is 1.44. The minimum absolute atomic E-state index is 0.131. The largest absolute Gasteiger partial charge is 0.496 e. The van der Waals surface area contributed by atoms with Crippen LogP contribution in [0.5, 0.6) is 11.5 Å². The number of pyridine rings is 1. The molecule has 5 heteroatoms. The van der Waals surface area contributed by atoms with E-state index in [0.29, 0.717) is 12.2 Å². The average molecular weight is 482 g/mol. The molecule has 0 fully saturated rings. The highest BCUT2D eigenvalue weighted by Crippen LogP contribution is 2.25. The molecular formula is C31H31NO4. The second-order valence-electron chi connectivity index (χ2n) is 8.63. The lowest BCUT2D eigenvalue weighted by Crippen LogP contribution is -2.34. The van der Waals surface area contributed by atoms with Crippen LogP contribution in [0, 0.1) is 0 Å². The molecule has 0 spiro atoms. The Morgan fingerprint density at radius 3 is 2.31 bits per heavy atom. The van der Waals surface area contributed by atoms with E-state index in [1.807, 2.05) is 92.0 Å². The lowest BCUT2D eigenvalue weighted by atomic mass is 10.0. The van der Waals surface area contributed by atoms with E-state index in [1.54, 1.807) is 13.3 Å². The molecule has 184 valence electrons. The molecule has 0 aliphatic carbocycles. The Bertz CT molecular complexity index is 1230. The molecule has 0 aliphatic heterocycles. The van der Waals surface area contributed by atoms with Crippen molar-refractivity contribution >= 4 is 5.97 Å². The number of carbonyl (C=O) groups is 1. The fourth-order valence-corrected chi connectivity index (χ4v) is 4.11. The van der Waals surface area contributed by atoms with Gasteiger partial charge in [-0.05, 0) is 60.7 Å². The third-order valence-corrected chi connectivity index (χ3v) is 6.06. The summed E-state index contributed by atoms with van der Waals surface area (Å²) in [7, 11) is 1.60. The van der Waals surface area contributed by atoms with E-state index in [0.717, 1.165) is 34.4 Å². The van der Waals surface area contributed by atoms with Crippen LogP contribution in [-0.4, -0.2) is 30.3 Å². The van der Waals surface area contributed by atoms with Crippen LogP contribution in [0.3, 0.4) is 0 Å². The van der Waals surface area contributed by atoms with Gasteiger partial charge in [0.1, 0.15) is 23.7 Å². The van der Waals surface area contributed by atoms with E-state index >= 15 is 0 Å².